The first-order valence-corrected chi connectivity index (χ1v) is 6.99. The molecule has 4 heteroatoms. The lowest BCUT2D eigenvalue weighted by Gasteiger charge is -2.37. The van der Waals surface area contributed by atoms with Gasteiger partial charge in [0.1, 0.15) is 0 Å². The number of nitrogens with zero attached hydrogens (tertiary/aromatic N) is 2. The Morgan fingerprint density at radius 3 is 2.21 bits per heavy atom. The van der Waals surface area contributed by atoms with Gasteiger partial charge in [-0.2, -0.15) is 0 Å². The first kappa shape index (κ1) is 14.3. The number of hydrogen-bond acceptors (Lipinski definition) is 4. The zero-order valence-electron chi connectivity index (χ0n) is 12.1. The van der Waals surface area contributed by atoms with Crippen LogP contribution in [-0.2, 0) is 0 Å². The van der Waals surface area contributed by atoms with E-state index in [1.54, 1.807) is 0 Å². The van der Waals surface area contributed by atoms with Crippen LogP contribution in [0.2, 0.25) is 0 Å². The standard InChI is InChI=1S/C15H25N3O/c1-12(19)15(18-10-8-16-9-11-18)13-4-6-14(7-5-13)17(2)3/h4-7,12,15-16,19H,8-11H2,1-3H3. The minimum atomic E-state index is -0.358. The average Bonchev–Trinajstić information content (AvgIpc) is 2.40. The van der Waals surface area contributed by atoms with E-state index in [1.165, 1.54) is 11.3 Å². The summed E-state index contributed by atoms with van der Waals surface area (Å²) in [5, 5.41) is 13.5. The van der Waals surface area contributed by atoms with Crippen LogP contribution in [0.5, 0.6) is 0 Å². The third kappa shape index (κ3) is 3.47. The maximum atomic E-state index is 10.1. The highest BCUT2D eigenvalue weighted by atomic mass is 16.3. The number of aliphatic hydroxyl groups excluding tert-OH is 1. The molecule has 1 aromatic rings. The molecule has 0 aromatic heterocycles. The number of rotatable bonds is 4. The molecule has 1 aromatic carbocycles. The molecule has 2 unspecified atom stereocenters. The fourth-order valence-corrected chi connectivity index (χ4v) is 2.72. The molecule has 0 saturated carbocycles. The average molecular weight is 263 g/mol. The van der Waals surface area contributed by atoms with Crippen LogP contribution < -0.4 is 10.2 Å². The molecule has 106 valence electrons. The van der Waals surface area contributed by atoms with Crippen molar-refractivity contribution in [2.45, 2.75) is 19.1 Å². The molecule has 0 spiro atoms. The second kappa shape index (κ2) is 6.37. The largest absolute Gasteiger partial charge is 0.391 e. The number of aliphatic hydroxyl groups is 1. The Hall–Kier alpha value is -1.10. The summed E-state index contributed by atoms with van der Waals surface area (Å²) < 4.78 is 0. The third-order valence-electron chi connectivity index (χ3n) is 3.75. The molecular weight excluding hydrogens is 238 g/mol. The van der Waals surface area contributed by atoms with Crippen molar-refractivity contribution < 1.29 is 5.11 Å². The summed E-state index contributed by atoms with van der Waals surface area (Å²) in [6, 6.07) is 8.60. The predicted molar refractivity (Wildman–Crippen MR) is 79.6 cm³/mol. The summed E-state index contributed by atoms with van der Waals surface area (Å²) in [5.41, 5.74) is 2.39. The lowest BCUT2D eigenvalue weighted by atomic mass is 9.99. The molecule has 1 fully saturated rings. The molecule has 1 saturated heterocycles. The zero-order valence-corrected chi connectivity index (χ0v) is 12.1. The van der Waals surface area contributed by atoms with Gasteiger partial charge in [0.25, 0.3) is 0 Å². The fourth-order valence-electron chi connectivity index (χ4n) is 2.72. The molecule has 0 radical (unpaired) electrons. The van der Waals surface area contributed by atoms with E-state index in [4.69, 9.17) is 0 Å². The van der Waals surface area contributed by atoms with Crippen molar-refractivity contribution in [2.75, 3.05) is 45.2 Å². The summed E-state index contributed by atoms with van der Waals surface area (Å²) in [7, 11) is 4.08. The molecule has 1 heterocycles. The van der Waals surface area contributed by atoms with Crippen LogP contribution in [0.25, 0.3) is 0 Å². The van der Waals surface area contributed by atoms with Crippen LogP contribution >= 0.6 is 0 Å². The van der Waals surface area contributed by atoms with E-state index in [2.05, 4.69) is 39.4 Å². The van der Waals surface area contributed by atoms with Gasteiger partial charge in [0.15, 0.2) is 0 Å². The van der Waals surface area contributed by atoms with E-state index >= 15 is 0 Å². The highest BCUT2D eigenvalue weighted by Gasteiger charge is 2.26. The van der Waals surface area contributed by atoms with Gasteiger partial charge < -0.3 is 15.3 Å². The Bertz CT molecular complexity index is 383. The Morgan fingerprint density at radius 2 is 1.74 bits per heavy atom. The van der Waals surface area contributed by atoms with Gasteiger partial charge in [-0.25, -0.2) is 0 Å². The molecule has 4 nitrogen and oxygen atoms in total. The predicted octanol–water partition coefficient (Wildman–Crippen LogP) is 1.08. The van der Waals surface area contributed by atoms with E-state index in [-0.39, 0.29) is 12.1 Å². The first-order chi connectivity index (χ1) is 9.09. The van der Waals surface area contributed by atoms with Crippen molar-refractivity contribution in [2.24, 2.45) is 0 Å². The summed E-state index contributed by atoms with van der Waals surface area (Å²) in [6.45, 7) is 5.86. The monoisotopic (exact) mass is 263 g/mol. The van der Waals surface area contributed by atoms with Gasteiger partial charge in [-0.15, -0.1) is 0 Å². The summed E-state index contributed by atoms with van der Waals surface area (Å²) in [6.07, 6.45) is -0.358. The normalized spacial score (nSPS) is 20.0. The highest BCUT2D eigenvalue weighted by Crippen LogP contribution is 2.26. The molecule has 1 aliphatic rings. The van der Waals surface area contributed by atoms with E-state index in [0.29, 0.717) is 0 Å². The Labute approximate surface area is 116 Å². The SMILES string of the molecule is CC(O)C(c1ccc(N(C)C)cc1)N1CCNCC1. The summed E-state index contributed by atoms with van der Waals surface area (Å²) in [5.74, 6) is 0. The number of anilines is 1. The Balaban J connectivity index is 2.18. The second-order valence-corrected chi connectivity index (χ2v) is 5.46. The zero-order chi connectivity index (χ0) is 13.8. The molecule has 2 N–H and O–H groups in total. The molecule has 2 rings (SSSR count). The minimum absolute atomic E-state index is 0.0957. The third-order valence-corrected chi connectivity index (χ3v) is 3.75. The molecule has 0 bridgehead atoms. The topological polar surface area (TPSA) is 38.7 Å². The maximum absolute atomic E-state index is 10.1. The van der Waals surface area contributed by atoms with Crippen LogP contribution in [0.1, 0.15) is 18.5 Å². The number of nitrogens with one attached hydrogen (secondary N) is 1. The van der Waals surface area contributed by atoms with Gasteiger partial charge in [-0.05, 0) is 24.6 Å². The van der Waals surface area contributed by atoms with Crippen molar-refractivity contribution in [1.82, 2.24) is 10.2 Å². The van der Waals surface area contributed by atoms with E-state index in [1.807, 2.05) is 21.0 Å². The molecule has 2 atom stereocenters. The number of piperazine rings is 1. The quantitative estimate of drug-likeness (QED) is 0.852. The molecule has 19 heavy (non-hydrogen) atoms. The lowest BCUT2D eigenvalue weighted by molar-refractivity contribution is 0.0525. The van der Waals surface area contributed by atoms with E-state index in [0.717, 1.165) is 26.2 Å². The number of hydrogen-bond donors (Lipinski definition) is 2. The van der Waals surface area contributed by atoms with Crippen LogP contribution in [0.3, 0.4) is 0 Å². The van der Waals surface area contributed by atoms with Crippen molar-refractivity contribution in [1.29, 1.82) is 0 Å². The van der Waals surface area contributed by atoms with Crippen molar-refractivity contribution in [3.05, 3.63) is 29.8 Å². The van der Waals surface area contributed by atoms with Crippen molar-refractivity contribution in [3.63, 3.8) is 0 Å². The second-order valence-electron chi connectivity index (χ2n) is 5.46. The van der Waals surface area contributed by atoms with Crippen LogP contribution in [0, 0.1) is 0 Å². The summed E-state index contributed by atoms with van der Waals surface area (Å²) in [4.78, 5) is 4.46. The number of benzene rings is 1. The van der Waals surface area contributed by atoms with Crippen LogP contribution in [0.4, 0.5) is 5.69 Å². The van der Waals surface area contributed by atoms with Gasteiger partial charge in [0.2, 0.25) is 0 Å². The van der Waals surface area contributed by atoms with Crippen molar-refractivity contribution in [3.8, 4) is 0 Å². The van der Waals surface area contributed by atoms with E-state index < -0.39 is 0 Å². The van der Waals surface area contributed by atoms with Gasteiger partial charge in [-0.1, -0.05) is 12.1 Å². The van der Waals surface area contributed by atoms with Gasteiger partial charge in [0, 0.05) is 46.0 Å². The van der Waals surface area contributed by atoms with Gasteiger partial charge in [0.05, 0.1) is 12.1 Å². The first-order valence-electron chi connectivity index (χ1n) is 6.99. The summed E-state index contributed by atoms with van der Waals surface area (Å²) >= 11 is 0. The Kier molecular flexibility index (Phi) is 4.80. The molecule has 1 aliphatic heterocycles. The van der Waals surface area contributed by atoms with Gasteiger partial charge >= 0.3 is 0 Å². The Morgan fingerprint density at radius 1 is 1.16 bits per heavy atom. The molecule has 0 amide bonds. The van der Waals surface area contributed by atoms with E-state index in [9.17, 15) is 5.11 Å². The maximum Gasteiger partial charge on any atom is 0.0708 e. The van der Waals surface area contributed by atoms with Gasteiger partial charge in [-0.3, -0.25) is 4.90 Å². The van der Waals surface area contributed by atoms with Crippen molar-refractivity contribution >= 4 is 5.69 Å². The van der Waals surface area contributed by atoms with Crippen LogP contribution in [-0.4, -0.2) is 56.4 Å². The minimum Gasteiger partial charge on any atom is -0.391 e. The fraction of sp³-hybridized carbons (Fsp3) is 0.600. The highest BCUT2D eigenvalue weighted by molar-refractivity contribution is 5.46. The van der Waals surface area contributed by atoms with Crippen LogP contribution in [0.15, 0.2) is 24.3 Å². The lowest BCUT2D eigenvalue weighted by Crippen LogP contribution is -2.47. The molecular formula is C15H25N3O. The molecule has 0 aliphatic carbocycles. The smallest absolute Gasteiger partial charge is 0.0708 e.